The van der Waals surface area contributed by atoms with Gasteiger partial charge in [-0.05, 0) is 43.2 Å². The Morgan fingerprint density at radius 3 is 2.88 bits per heavy atom. The number of fused-ring (bicyclic) bond motifs is 1. The predicted molar refractivity (Wildman–Crippen MR) is 96.0 cm³/mol. The zero-order valence-electron chi connectivity index (χ0n) is 13.7. The van der Waals surface area contributed by atoms with E-state index in [4.69, 9.17) is 11.6 Å². The number of pyridine rings is 1. The molecule has 1 aliphatic rings. The van der Waals surface area contributed by atoms with Gasteiger partial charge in [0.2, 0.25) is 0 Å². The third kappa shape index (κ3) is 3.22. The second-order valence-corrected chi connectivity index (χ2v) is 6.73. The molecule has 0 unspecified atom stereocenters. The van der Waals surface area contributed by atoms with Crippen LogP contribution >= 0.6 is 11.6 Å². The molecular formula is C18H18ClN5O. The van der Waals surface area contributed by atoms with E-state index in [1.165, 1.54) is 19.3 Å². The molecular weight excluding hydrogens is 338 g/mol. The van der Waals surface area contributed by atoms with Crippen LogP contribution in [0.3, 0.4) is 0 Å². The maximum absolute atomic E-state index is 12.6. The van der Waals surface area contributed by atoms with Gasteiger partial charge in [0.25, 0.3) is 5.91 Å². The van der Waals surface area contributed by atoms with E-state index in [-0.39, 0.29) is 11.9 Å². The van der Waals surface area contributed by atoms with Crippen molar-refractivity contribution in [2.45, 2.75) is 38.1 Å². The Labute approximate surface area is 150 Å². The van der Waals surface area contributed by atoms with Crippen LogP contribution in [0.2, 0.25) is 5.02 Å². The van der Waals surface area contributed by atoms with E-state index in [0.29, 0.717) is 27.4 Å². The van der Waals surface area contributed by atoms with Gasteiger partial charge < -0.3 is 5.32 Å². The van der Waals surface area contributed by atoms with Crippen LogP contribution in [0.4, 0.5) is 0 Å². The Morgan fingerprint density at radius 1 is 1.20 bits per heavy atom. The van der Waals surface area contributed by atoms with Crippen molar-refractivity contribution < 1.29 is 4.79 Å². The average molecular weight is 356 g/mol. The van der Waals surface area contributed by atoms with Gasteiger partial charge in [-0.1, -0.05) is 36.1 Å². The molecule has 1 fully saturated rings. The lowest BCUT2D eigenvalue weighted by Crippen LogP contribution is -2.36. The molecule has 0 saturated heterocycles. The van der Waals surface area contributed by atoms with Crippen molar-refractivity contribution in [1.82, 2.24) is 25.3 Å². The first-order valence-corrected chi connectivity index (χ1v) is 8.87. The fourth-order valence-electron chi connectivity index (χ4n) is 3.26. The van der Waals surface area contributed by atoms with Crippen molar-refractivity contribution in [2.75, 3.05) is 0 Å². The SMILES string of the molecule is O=C(NC1CCCCC1)c1ccc(Cl)c(-n2nnc3cccnc32)c1. The minimum atomic E-state index is -0.0813. The fourth-order valence-corrected chi connectivity index (χ4v) is 3.46. The van der Waals surface area contributed by atoms with E-state index >= 15 is 0 Å². The molecule has 1 saturated carbocycles. The van der Waals surface area contributed by atoms with Crippen LogP contribution in [0.25, 0.3) is 16.9 Å². The molecule has 0 bridgehead atoms. The molecule has 6 nitrogen and oxygen atoms in total. The zero-order valence-corrected chi connectivity index (χ0v) is 14.4. The summed E-state index contributed by atoms with van der Waals surface area (Å²) < 4.78 is 1.56. The summed E-state index contributed by atoms with van der Waals surface area (Å²) in [6.45, 7) is 0. The van der Waals surface area contributed by atoms with Crippen LogP contribution in [0.15, 0.2) is 36.5 Å². The number of rotatable bonds is 3. The summed E-state index contributed by atoms with van der Waals surface area (Å²) in [6.07, 6.45) is 7.37. The van der Waals surface area contributed by atoms with Gasteiger partial charge in [0.1, 0.15) is 5.52 Å². The van der Waals surface area contributed by atoms with E-state index in [0.717, 1.165) is 12.8 Å². The van der Waals surface area contributed by atoms with Crippen LogP contribution < -0.4 is 5.32 Å². The van der Waals surface area contributed by atoms with Crippen molar-refractivity contribution in [1.29, 1.82) is 0 Å². The summed E-state index contributed by atoms with van der Waals surface area (Å²) >= 11 is 6.34. The first-order valence-electron chi connectivity index (χ1n) is 8.49. The summed E-state index contributed by atoms with van der Waals surface area (Å²) in [4.78, 5) is 16.9. The topological polar surface area (TPSA) is 72.7 Å². The molecule has 25 heavy (non-hydrogen) atoms. The quantitative estimate of drug-likeness (QED) is 0.780. The highest BCUT2D eigenvalue weighted by Crippen LogP contribution is 2.24. The molecule has 1 aromatic carbocycles. The number of nitrogens with zero attached hydrogens (tertiary/aromatic N) is 4. The third-order valence-electron chi connectivity index (χ3n) is 4.59. The van der Waals surface area contributed by atoms with Gasteiger partial charge in [-0.15, -0.1) is 5.10 Å². The Kier molecular flexibility index (Phi) is 4.36. The Morgan fingerprint density at radius 2 is 2.04 bits per heavy atom. The zero-order chi connectivity index (χ0) is 17.2. The number of carbonyl (C=O) groups is 1. The van der Waals surface area contributed by atoms with Crippen LogP contribution in [0.5, 0.6) is 0 Å². The van der Waals surface area contributed by atoms with Gasteiger partial charge in [-0.3, -0.25) is 4.79 Å². The standard InChI is InChI=1S/C18H18ClN5O/c19-14-9-8-12(18(25)21-13-5-2-1-3-6-13)11-16(14)24-17-15(22-23-24)7-4-10-20-17/h4,7-11,13H,1-3,5-6H2,(H,21,25). The van der Waals surface area contributed by atoms with Crippen molar-refractivity contribution >= 4 is 28.7 Å². The lowest BCUT2D eigenvalue weighted by atomic mass is 9.95. The van der Waals surface area contributed by atoms with E-state index in [1.54, 1.807) is 35.1 Å². The largest absolute Gasteiger partial charge is 0.349 e. The van der Waals surface area contributed by atoms with Gasteiger partial charge >= 0.3 is 0 Å². The molecule has 4 rings (SSSR count). The van der Waals surface area contributed by atoms with Crippen molar-refractivity contribution in [3.63, 3.8) is 0 Å². The molecule has 1 N–H and O–H groups in total. The van der Waals surface area contributed by atoms with Gasteiger partial charge in [0.05, 0.1) is 10.7 Å². The van der Waals surface area contributed by atoms with Crippen LogP contribution in [0.1, 0.15) is 42.5 Å². The van der Waals surface area contributed by atoms with Crippen LogP contribution in [0, 0.1) is 0 Å². The molecule has 1 aliphatic carbocycles. The Bertz CT molecular complexity index is 917. The minimum absolute atomic E-state index is 0.0813. The Hall–Kier alpha value is -2.47. The van der Waals surface area contributed by atoms with Gasteiger partial charge in [-0.25, -0.2) is 4.98 Å². The second-order valence-electron chi connectivity index (χ2n) is 6.32. The molecule has 0 atom stereocenters. The fraction of sp³-hybridized carbons (Fsp3) is 0.333. The molecule has 128 valence electrons. The van der Waals surface area contributed by atoms with Gasteiger partial charge in [-0.2, -0.15) is 4.68 Å². The molecule has 0 radical (unpaired) electrons. The molecule has 2 aromatic heterocycles. The number of nitrogens with one attached hydrogen (secondary N) is 1. The molecule has 7 heteroatoms. The number of hydrogen-bond donors (Lipinski definition) is 1. The van der Waals surface area contributed by atoms with Gasteiger partial charge in [0, 0.05) is 17.8 Å². The first kappa shape index (κ1) is 16.0. The summed E-state index contributed by atoms with van der Waals surface area (Å²) in [7, 11) is 0. The molecule has 0 aliphatic heterocycles. The van der Waals surface area contributed by atoms with E-state index < -0.39 is 0 Å². The number of hydrogen-bond acceptors (Lipinski definition) is 4. The molecule has 2 heterocycles. The average Bonchev–Trinajstić information content (AvgIpc) is 3.07. The number of aromatic nitrogens is 4. The van der Waals surface area contributed by atoms with Gasteiger partial charge in [0.15, 0.2) is 5.65 Å². The lowest BCUT2D eigenvalue weighted by molar-refractivity contribution is 0.0927. The molecule has 0 spiro atoms. The number of benzene rings is 1. The summed E-state index contributed by atoms with van der Waals surface area (Å²) in [5.74, 6) is -0.0813. The highest BCUT2D eigenvalue weighted by Gasteiger charge is 2.18. The Balaban J connectivity index is 1.65. The monoisotopic (exact) mass is 355 g/mol. The molecule has 1 amide bonds. The highest BCUT2D eigenvalue weighted by molar-refractivity contribution is 6.32. The predicted octanol–water partition coefficient (Wildman–Crippen LogP) is 3.53. The second kappa shape index (κ2) is 6.80. The van der Waals surface area contributed by atoms with Crippen LogP contribution in [-0.4, -0.2) is 31.9 Å². The van der Waals surface area contributed by atoms with E-state index in [9.17, 15) is 4.79 Å². The van der Waals surface area contributed by atoms with E-state index in [1.807, 2.05) is 6.07 Å². The normalized spacial score (nSPS) is 15.4. The van der Waals surface area contributed by atoms with Crippen molar-refractivity contribution in [3.8, 4) is 5.69 Å². The summed E-state index contributed by atoms with van der Waals surface area (Å²) in [6, 6.07) is 9.08. The maximum atomic E-state index is 12.6. The van der Waals surface area contributed by atoms with Crippen molar-refractivity contribution in [2.24, 2.45) is 0 Å². The maximum Gasteiger partial charge on any atom is 0.251 e. The smallest absolute Gasteiger partial charge is 0.251 e. The first-order chi connectivity index (χ1) is 12.2. The summed E-state index contributed by atoms with van der Waals surface area (Å²) in [5.41, 5.74) is 2.44. The minimum Gasteiger partial charge on any atom is -0.349 e. The van der Waals surface area contributed by atoms with Crippen LogP contribution in [-0.2, 0) is 0 Å². The summed E-state index contributed by atoms with van der Waals surface area (Å²) in [5, 5.41) is 11.8. The molecule has 3 aromatic rings. The number of carbonyl (C=O) groups excluding carboxylic acids is 1. The number of halogens is 1. The van der Waals surface area contributed by atoms with E-state index in [2.05, 4.69) is 20.6 Å². The lowest BCUT2D eigenvalue weighted by Gasteiger charge is -2.22. The third-order valence-corrected chi connectivity index (χ3v) is 4.91. The van der Waals surface area contributed by atoms with Crippen molar-refractivity contribution in [3.05, 3.63) is 47.1 Å². The number of amides is 1. The highest BCUT2D eigenvalue weighted by atomic mass is 35.5.